The van der Waals surface area contributed by atoms with Gasteiger partial charge in [-0.1, -0.05) is 55.5 Å². The first-order chi connectivity index (χ1) is 20.0. The summed E-state index contributed by atoms with van der Waals surface area (Å²) in [6.45, 7) is 2.88. The summed E-state index contributed by atoms with van der Waals surface area (Å²) in [6, 6.07) is 32.0. The van der Waals surface area contributed by atoms with Crippen LogP contribution in [0, 0.1) is 0 Å². The molecule has 0 atom stereocenters. The van der Waals surface area contributed by atoms with Crippen LogP contribution in [0.25, 0.3) is 20.4 Å². The van der Waals surface area contributed by atoms with E-state index in [2.05, 4.69) is 29.0 Å². The van der Waals surface area contributed by atoms with Crippen molar-refractivity contribution >= 4 is 78.6 Å². The zero-order chi connectivity index (χ0) is 28.2. The number of thiazole rings is 2. The molecule has 42 heavy (non-hydrogen) atoms. The van der Waals surface area contributed by atoms with Crippen LogP contribution < -0.4 is 9.47 Å². The van der Waals surface area contributed by atoms with Gasteiger partial charge in [0.15, 0.2) is 0 Å². The predicted molar refractivity (Wildman–Crippen MR) is 171 cm³/mol. The number of carbonyl (C=O) groups is 1. The first-order valence-corrected chi connectivity index (χ1v) is 15.0. The summed E-state index contributed by atoms with van der Waals surface area (Å²) in [5.41, 5.74) is 3.50. The van der Waals surface area contributed by atoms with E-state index in [1.807, 2.05) is 84.9 Å². The van der Waals surface area contributed by atoms with E-state index in [0.29, 0.717) is 19.6 Å². The number of rotatable bonds is 11. The van der Waals surface area contributed by atoms with Crippen LogP contribution in [0.4, 0.5) is 0 Å². The van der Waals surface area contributed by atoms with Crippen LogP contribution in [0.5, 0.6) is 11.5 Å². The van der Waals surface area contributed by atoms with E-state index in [4.69, 9.17) is 9.47 Å². The van der Waals surface area contributed by atoms with Crippen molar-refractivity contribution in [2.75, 3.05) is 0 Å². The average molecular weight is 605 g/mol. The number of carboxylic acid groups (broad SMARTS) is 1. The molecule has 0 aliphatic carbocycles. The molecule has 6 aromatic rings. The Kier molecular flexibility index (Phi) is 9.60. The van der Waals surface area contributed by atoms with E-state index in [0.717, 1.165) is 53.1 Å². The van der Waals surface area contributed by atoms with Crippen molar-refractivity contribution in [2.45, 2.75) is 38.4 Å². The number of ether oxygens (including phenoxy) is 2. The van der Waals surface area contributed by atoms with Gasteiger partial charge >= 0.3 is 35.5 Å². The van der Waals surface area contributed by atoms with E-state index < -0.39 is 11.4 Å². The van der Waals surface area contributed by atoms with E-state index in [-0.39, 0.29) is 36.0 Å². The Morgan fingerprint density at radius 2 is 1.14 bits per heavy atom. The molecular formula is C33H29N2NaO4S2. The topological polar surface area (TPSA) is 81.5 Å². The normalized spacial score (nSPS) is 11.4. The zero-order valence-corrected chi connectivity index (χ0v) is 24.1. The van der Waals surface area contributed by atoms with Gasteiger partial charge in [0, 0.05) is 11.8 Å². The van der Waals surface area contributed by atoms with Gasteiger partial charge in [0.25, 0.3) is 0 Å². The van der Waals surface area contributed by atoms with Gasteiger partial charge in [-0.3, -0.25) is 4.79 Å². The van der Waals surface area contributed by atoms with Crippen molar-refractivity contribution in [1.82, 2.24) is 9.97 Å². The van der Waals surface area contributed by atoms with Gasteiger partial charge < -0.3 is 14.6 Å². The van der Waals surface area contributed by atoms with E-state index in [9.17, 15) is 9.90 Å². The Bertz CT molecular complexity index is 1610. The molecule has 2 aromatic heterocycles. The van der Waals surface area contributed by atoms with Gasteiger partial charge in [-0.05, 0) is 66.1 Å². The molecule has 4 aromatic carbocycles. The van der Waals surface area contributed by atoms with Gasteiger partial charge in [0.1, 0.15) is 34.7 Å². The molecule has 0 radical (unpaired) electrons. The summed E-state index contributed by atoms with van der Waals surface area (Å²) in [5, 5.41) is 11.3. The summed E-state index contributed by atoms with van der Waals surface area (Å²) in [7, 11) is 0. The standard InChI is InChI=1S/C33H28N2O4S2.Na.H/c1-33(19-18-32(36)37,22-10-14-24(15-11-22)38-20-30-34-26-6-2-4-8-28(26)40-30)23-12-16-25(17-13-23)39-21-31-35-27-7-3-5-9-29(27)41-31;;/h2-17H,18-21H2,1H3,(H,36,37);;. The molecule has 9 heteroatoms. The molecule has 0 amide bonds. The number of fused-ring (bicyclic) bond motifs is 2. The molecule has 6 nitrogen and oxygen atoms in total. The number of hydrogen-bond acceptors (Lipinski definition) is 7. The fourth-order valence-electron chi connectivity index (χ4n) is 4.90. The zero-order valence-electron chi connectivity index (χ0n) is 22.4. The second-order valence-electron chi connectivity index (χ2n) is 10.0. The van der Waals surface area contributed by atoms with Gasteiger partial charge in [-0.2, -0.15) is 0 Å². The van der Waals surface area contributed by atoms with Gasteiger partial charge in [0.05, 0.1) is 20.4 Å². The quantitative estimate of drug-likeness (QED) is 0.154. The summed E-state index contributed by atoms with van der Waals surface area (Å²) < 4.78 is 14.3. The van der Waals surface area contributed by atoms with E-state index in [1.54, 1.807) is 22.7 Å². The van der Waals surface area contributed by atoms with Crippen molar-refractivity contribution in [3.63, 3.8) is 0 Å². The first-order valence-electron chi connectivity index (χ1n) is 13.3. The third-order valence-corrected chi connectivity index (χ3v) is 9.24. The van der Waals surface area contributed by atoms with Crippen LogP contribution in [-0.4, -0.2) is 50.6 Å². The molecule has 0 saturated carbocycles. The average Bonchev–Trinajstić information content (AvgIpc) is 3.62. The first kappa shape index (κ1) is 30.2. The Balaban J connectivity index is 0.00000353. The Hall–Kier alpha value is -3.27. The molecule has 0 aliphatic heterocycles. The molecule has 6 rings (SSSR count). The molecule has 1 N–H and O–H groups in total. The fourth-order valence-corrected chi connectivity index (χ4v) is 6.66. The van der Waals surface area contributed by atoms with Crippen molar-refractivity contribution < 1.29 is 19.4 Å². The summed E-state index contributed by atoms with van der Waals surface area (Å²) >= 11 is 3.26. The van der Waals surface area contributed by atoms with Crippen LogP contribution in [0.2, 0.25) is 0 Å². The molecular weight excluding hydrogens is 575 g/mol. The SMILES string of the molecule is CC(CCC(=O)O)(c1ccc(OCc2nc3ccccc3s2)cc1)c1ccc(OCc2nc3ccccc3s2)cc1.[NaH]. The molecule has 2 heterocycles. The fraction of sp³-hybridized carbons (Fsp3) is 0.182. The number of aliphatic carboxylic acids is 1. The molecule has 208 valence electrons. The van der Waals surface area contributed by atoms with Crippen LogP contribution >= 0.6 is 22.7 Å². The maximum atomic E-state index is 11.5. The predicted octanol–water partition coefficient (Wildman–Crippen LogP) is 7.59. The minimum atomic E-state index is -0.817. The molecule has 0 aliphatic rings. The number of benzene rings is 4. The molecule has 0 spiro atoms. The Morgan fingerprint density at radius 3 is 1.55 bits per heavy atom. The van der Waals surface area contributed by atoms with Crippen molar-refractivity contribution in [2.24, 2.45) is 0 Å². The van der Waals surface area contributed by atoms with Gasteiger partial charge in [-0.25, -0.2) is 9.97 Å². The molecule has 0 fully saturated rings. The van der Waals surface area contributed by atoms with Crippen molar-refractivity contribution in [3.8, 4) is 11.5 Å². The third kappa shape index (κ3) is 6.85. The van der Waals surface area contributed by atoms with Gasteiger partial charge in [0.2, 0.25) is 0 Å². The molecule has 0 bridgehead atoms. The summed E-state index contributed by atoms with van der Waals surface area (Å²) in [5.74, 6) is 0.669. The third-order valence-electron chi connectivity index (χ3n) is 7.22. The molecule has 0 unspecified atom stereocenters. The Morgan fingerprint density at radius 1 is 0.714 bits per heavy atom. The van der Waals surface area contributed by atoms with Crippen molar-refractivity contribution in [3.05, 3.63) is 118 Å². The minimum absolute atomic E-state index is 0. The monoisotopic (exact) mass is 604 g/mol. The maximum absolute atomic E-state index is 11.5. The summed E-state index contributed by atoms with van der Waals surface area (Å²) in [4.78, 5) is 20.8. The van der Waals surface area contributed by atoms with Crippen LogP contribution in [0.3, 0.4) is 0 Å². The van der Waals surface area contributed by atoms with Crippen LogP contribution in [0.15, 0.2) is 97.1 Å². The number of nitrogens with zero attached hydrogens (tertiary/aromatic N) is 2. The van der Waals surface area contributed by atoms with Crippen molar-refractivity contribution in [1.29, 1.82) is 0 Å². The summed E-state index contributed by atoms with van der Waals surface area (Å²) in [6.07, 6.45) is 0.516. The molecule has 0 saturated heterocycles. The second-order valence-corrected chi connectivity index (χ2v) is 12.2. The second kappa shape index (κ2) is 13.4. The van der Waals surface area contributed by atoms with Crippen LogP contribution in [-0.2, 0) is 23.4 Å². The van der Waals surface area contributed by atoms with Crippen LogP contribution in [0.1, 0.15) is 40.9 Å². The Labute approximate surface area is 274 Å². The number of hydrogen-bond donors (Lipinski definition) is 1. The number of para-hydroxylation sites is 2. The van der Waals surface area contributed by atoms with E-state index in [1.165, 1.54) is 0 Å². The van der Waals surface area contributed by atoms with Gasteiger partial charge in [-0.15, -0.1) is 22.7 Å². The van der Waals surface area contributed by atoms with E-state index >= 15 is 0 Å². The number of aromatic nitrogens is 2. The number of carboxylic acids is 1.